The van der Waals surface area contributed by atoms with Crippen molar-refractivity contribution >= 4 is 44.7 Å². The maximum atomic E-state index is 13.8. The second-order valence-electron chi connectivity index (χ2n) is 4.55. The lowest BCUT2D eigenvalue weighted by Crippen LogP contribution is -2.17. The first-order valence-corrected chi connectivity index (χ1v) is 8.14. The quantitative estimate of drug-likeness (QED) is 0.706. The number of nitrogens with one attached hydrogen (secondary N) is 1. The Morgan fingerprint density at radius 1 is 1.35 bits per heavy atom. The third-order valence-corrected chi connectivity index (χ3v) is 4.28. The van der Waals surface area contributed by atoms with Gasteiger partial charge in [0.25, 0.3) is 5.91 Å². The minimum absolute atomic E-state index is 0.171. The number of halogens is 2. The molecule has 0 bridgehead atoms. The molecule has 0 radical (unpaired) electrons. The molecule has 0 aromatic carbocycles. The van der Waals surface area contributed by atoms with Crippen LogP contribution in [0.2, 0.25) is 0 Å². The third kappa shape index (κ3) is 3.38. The highest BCUT2D eigenvalue weighted by Gasteiger charge is 2.16. The first-order valence-electron chi connectivity index (χ1n) is 6.47. The number of hydrogen-bond acceptors (Lipinski definition) is 5. The van der Waals surface area contributed by atoms with Crippen molar-refractivity contribution in [3.05, 3.63) is 57.9 Å². The molecule has 0 fully saturated rings. The molecule has 116 valence electrons. The SMILES string of the molecule is Nc1ccc(-c2cccs2)nc1NC(=O)c1ncc(Br)cc1F. The maximum Gasteiger partial charge on any atom is 0.278 e. The van der Waals surface area contributed by atoms with Crippen molar-refractivity contribution in [2.75, 3.05) is 11.1 Å². The lowest BCUT2D eigenvalue weighted by Gasteiger charge is -2.09. The Hall–Kier alpha value is -2.32. The number of amides is 1. The Bertz CT molecular complexity index is 870. The van der Waals surface area contributed by atoms with Crippen LogP contribution in [0.15, 0.2) is 46.4 Å². The molecule has 3 rings (SSSR count). The monoisotopic (exact) mass is 392 g/mol. The van der Waals surface area contributed by atoms with Crippen molar-refractivity contribution in [3.8, 4) is 10.6 Å². The molecule has 23 heavy (non-hydrogen) atoms. The Balaban J connectivity index is 1.90. The second-order valence-corrected chi connectivity index (χ2v) is 6.41. The van der Waals surface area contributed by atoms with Gasteiger partial charge in [0.2, 0.25) is 0 Å². The predicted molar refractivity (Wildman–Crippen MR) is 91.8 cm³/mol. The molecule has 0 aliphatic rings. The molecule has 0 spiro atoms. The average Bonchev–Trinajstić information content (AvgIpc) is 3.03. The summed E-state index contributed by atoms with van der Waals surface area (Å²) in [7, 11) is 0. The first-order chi connectivity index (χ1) is 11.0. The molecule has 8 heteroatoms. The molecule has 3 aromatic rings. The summed E-state index contributed by atoms with van der Waals surface area (Å²) in [5.74, 6) is -1.27. The lowest BCUT2D eigenvalue weighted by molar-refractivity contribution is 0.101. The van der Waals surface area contributed by atoms with Gasteiger partial charge < -0.3 is 11.1 Å². The number of thiophene rings is 1. The molecule has 0 saturated carbocycles. The van der Waals surface area contributed by atoms with Crippen LogP contribution in [0, 0.1) is 5.82 Å². The standard InChI is InChI=1S/C15H10BrFN4OS/c16-8-6-9(17)13(19-7-8)15(22)21-14-10(18)3-4-11(20-14)12-2-1-5-23-12/h1-7H,18H2,(H,20,21,22). The van der Waals surface area contributed by atoms with Gasteiger partial charge in [-0.05, 0) is 45.6 Å². The number of nitrogens with two attached hydrogens (primary N) is 1. The number of aromatic nitrogens is 2. The van der Waals surface area contributed by atoms with E-state index >= 15 is 0 Å². The van der Waals surface area contributed by atoms with Gasteiger partial charge in [-0.15, -0.1) is 11.3 Å². The van der Waals surface area contributed by atoms with Crippen LogP contribution in [0.4, 0.5) is 15.9 Å². The van der Waals surface area contributed by atoms with Crippen molar-refractivity contribution < 1.29 is 9.18 Å². The Labute approximate surface area is 143 Å². The van der Waals surface area contributed by atoms with Gasteiger partial charge in [-0.1, -0.05) is 6.07 Å². The molecule has 3 N–H and O–H groups in total. The van der Waals surface area contributed by atoms with Crippen molar-refractivity contribution in [2.45, 2.75) is 0 Å². The smallest absolute Gasteiger partial charge is 0.278 e. The summed E-state index contributed by atoms with van der Waals surface area (Å²) >= 11 is 4.61. The van der Waals surface area contributed by atoms with Crippen LogP contribution in [0.5, 0.6) is 0 Å². The summed E-state index contributed by atoms with van der Waals surface area (Å²) in [5.41, 5.74) is 6.48. The van der Waals surface area contributed by atoms with Crippen molar-refractivity contribution in [2.24, 2.45) is 0 Å². The topological polar surface area (TPSA) is 80.9 Å². The van der Waals surface area contributed by atoms with Crippen LogP contribution in [0.1, 0.15) is 10.5 Å². The molecule has 3 heterocycles. The normalized spacial score (nSPS) is 10.5. The van der Waals surface area contributed by atoms with Crippen molar-refractivity contribution in [1.82, 2.24) is 9.97 Å². The van der Waals surface area contributed by atoms with Crippen LogP contribution in [-0.2, 0) is 0 Å². The highest BCUT2D eigenvalue weighted by molar-refractivity contribution is 9.10. The Kier molecular flexibility index (Phi) is 4.35. The van der Waals surface area contributed by atoms with Crippen molar-refractivity contribution in [1.29, 1.82) is 0 Å². The van der Waals surface area contributed by atoms with E-state index < -0.39 is 11.7 Å². The largest absolute Gasteiger partial charge is 0.396 e. The summed E-state index contributed by atoms with van der Waals surface area (Å²) in [6.07, 6.45) is 1.34. The highest BCUT2D eigenvalue weighted by Crippen LogP contribution is 2.27. The van der Waals surface area contributed by atoms with Crippen LogP contribution in [0.3, 0.4) is 0 Å². The van der Waals surface area contributed by atoms with E-state index in [0.717, 1.165) is 4.88 Å². The number of nitrogens with zero attached hydrogens (tertiary/aromatic N) is 2. The maximum absolute atomic E-state index is 13.8. The van der Waals surface area contributed by atoms with Gasteiger partial charge in [0.05, 0.1) is 16.3 Å². The number of hydrogen-bond donors (Lipinski definition) is 2. The number of pyridine rings is 2. The van der Waals surface area contributed by atoms with E-state index in [4.69, 9.17) is 5.73 Å². The zero-order valence-electron chi connectivity index (χ0n) is 11.6. The van der Waals surface area contributed by atoms with Crippen LogP contribution < -0.4 is 11.1 Å². The minimum atomic E-state index is -0.732. The lowest BCUT2D eigenvalue weighted by atomic mass is 10.2. The second kappa shape index (κ2) is 6.43. The number of nitrogen functional groups attached to an aromatic ring is 1. The highest BCUT2D eigenvalue weighted by atomic mass is 79.9. The van der Waals surface area contributed by atoms with Gasteiger partial charge in [0.15, 0.2) is 17.3 Å². The molecule has 3 aromatic heterocycles. The fraction of sp³-hybridized carbons (Fsp3) is 0. The van der Waals surface area contributed by atoms with E-state index in [9.17, 15) is 9.18 Å². The van der Waals surface area contributed by atoms with Gasteiger partial charge in [-0.25, -0.2) is 14.4 Å². The van der Waals surface area contributed by atoms with Gasteiger partial charge in [-0.3, -0.25) is 4.79 Å². The van der Waals surface area contributed by atoms with Crippen LogP contribution in [-0.4, -0.2) is 15.9 Å². The molecular formula is C15H10BrFN4OS. The molecule has 0 aliphatic carbocycles. The van der Waals surface area contributed by atoms with Crippen LogP contribution >= 0.6 is 27.3 Å². The molecule has 0 atom stereocenters. The van der Waals surface area contributed by atoms with E-state index in [1.165, 1.54) is 23.6 Å². The number of rotatable bonds is 3. The van der Waals surface area contributed by atoms with Gasteiger partial charge in [0.1, 0.15) is 0 Å². The molecule has 1 amide bonds. The summed E-state index contributed by atoms with van der Waals surface area (Å²) < 4.78 is 14.3. The Morgan fingerprint density at radius 3 is 2.87 bits per heavy atom. The fourth-order valence-electron chi connectivity index (χ4n) is 1.88. The van der Waals surface area contributed by atoms with Gasteiger partial charge in [-0.2, -0.15) is 0 Å². The third-order valence-electron chi connectivity index (χ3n) is 2.95. The minimum Gasteiger partial charge on any atom is -0.396 e. The summed E-state index contributed by atoms with van der Waals surface area (Å²) in [6, 6.07) is 8.38. The summed E-state index contributed by atoms with van der Waals surface area (Å²) in [5, 5.41) is 4.42. The van der Waals surface area contributed by atoms with Crippen molar-refractivity contribution in [3.63, 3.8) is 0 Å². The molecule has 0 saturated heterocycles. The number of carbonyl (C=O) groups is 1. The predicted octanol–water partition coefficient (Wildman–Crippen LogP) is 3.94. The van der Waals surface area contributed by atoms with E-state index in [1.54, 1.807) is 12.1 Å². The Morgan fingerprint density at radius 2 is 2.17 bits per heavy atom. The summed E-state index contributed by atoms with van der Waals surface area (Å²) in [4.78, 5) is 21.2. The van der Waals surface area contributed by atoms with Gasteiger partial charge >= 0.3 is 0 Å². The van der Waals surface area contributed by atoms with E-state index in [0.29, 0.717) is 10.2 Å². The molecular weight excluding hydrogens is 383 g/mol. The zero-order valence-corrected chi connectivity index (χ0v) is 14.0. The fourth-order valence-corrected chi connectivity index (χ4v) is 2.88. The summed E-state index contributed by atoms with van der Waals surface area (Å²) in [6.45, 7) is 0. The zero-order chi connectivity index (χ0) is 16.4. The first kappa shape index (κ1) is 15.6. The van der Waals surface area contributed by atoms with Crippen LogP contribution in [0.25, 0.3) is 10.6 Å². The average molecular weight is 393 g/mol. The molecule has 0 aliphatic heterocycles. The molecule has 0 unspecified atom stereocenters. The van der Waals surface area contributed by atoms with Gasteiger partial charge in [0, 0.05) is 10.7 Å². The number of carbonyl (C=O) groups excluding carboxylic acids is 1. The molecule has 5 nitrogen and oxygen atoms in total. The van der Waals surface area contributed by atoms with E-state index in [1.807, 2.05) is 17.5 Å². The van der Waals surface area contributed by atoms with E-state index in [-0.39, 0.29) is 17.2 Å². The number of anilines is 2. The van der Waals surface area contributed by atoms with E-state index in [2.05, 4.69) is 31.2 Å².